The second-order valence-electron chi connectivity index (χ2n) is 4.45. The minimum absolute atomic E-state index is 0.0412. The van der Waals surface area contributed by atoms with Gasteiger partial charge in [0.15, 0.2) is 11.5 Å². The van der Waals surface area contributed by atoms with Gasteiger partial charge in [-0.15, -0.1) is 10.2 Å². The second-order valence-corrected chi connectivity index (χ2v) is 4.45. The molecule has 0 saturated carbocycles. The van der Waals surface area contributed by atoms with Crippen molar-refractivity contribution in [1.29, 1.82) is 0 Å². The SMILES string of the molecule is CCN(CC)C(=O)c1ccc(N2CCCC2)nn1. The maximum absolute atomic E-state index is 12.0. The predicted octanol–water partition coefficient (Wildman–Crippen LogP) is 1.56. The third-order valence-electron chi connectivity index (χ3n) is 3.35. The van der Waals surface area contributed by atoms with E-state index in [9.17, 15) is 4.79 Å². The van der Waals surface area contributed by atoms with Crippen LogP contribution >= 0.6 is 0 Å². The van der Waals surface area contributed by atoms with Crippen LogP contribution in [0.1, 0.15) is 37.2 Å². The monoisotopic (exact) mass is 248 g/mol. The average molecular weight is 248 g/mol. The van der Waals surface area contributed by atoms with E-state index >= 15 is 0 Å². The summed E-state index contributed by atoms with van der Waals surface area (Å²) in [5.41, 5.74) is 0.432. The zero-order valence-electron chi connectivity index (χ0n) is 11.1. The molecule has 1 fully saturated rings. The molecule has 2 rings (SSSR count). The van der Waals surface area contributed by atoms with Crippen LogP contribution in [-0.2, 0) is 0 Å². The summed E-state index contributed by atoms with van der Waals surface area (Å²) in [6, 6.07) is 3.68. The molecule has 1 aromatic rings. The molecule has 98 valence electrons. The van der Waals surface area contributed by atoms with Crippen molar-refractivity contribution in [1.82, 2.24) is 15.1 Å². The van der Waals surface area contributed by atoms with Gasteiger partial charge in [0.2, 0.25) is 0 Å². The van der Waals surface area contributed by atoms with Crippen LogP contribution in [0.3, 0.4) is 0 Å². The standard InChI is InChI=1S/C13H20N4O/c1-3-16(4-2)13(18)11-7-8-12(15-14-11)17-9-5-6-10-17/h7-8H,3-6,9-10H2,1-2H3. The van der Waals surface area contributed by atoms with Crippen molar-refractivity contribution in [3.8, 4) is 0 Å². The molecule has 0 radical (unpaired) electrons. The molecule has 0 aliphatic carbocycles. The van der Waals surface area contributed by atoms with Crippen LogP contribution in [-0.4, -0.2) is 47.2 Å². The molecule has 2 heterocycles. The molecule has 1 saturated heterocycles. The molecular weight excluding hydrogens is 228 g/mol. The van der Waals surface area contributed by atoms with Gasteiger partial charge in [0.25, 0.3) is 5.91 Å². The molecule has 0 bridgehead atoms. The number of hydrogen-bond acceptors (Lipinski definition) is 4. The molecule has 0 N–H and O–H groups in total. The van der Waals surface area contributed by atoms with Crippen molar-refractivity contribution >= 4 is 11.7 Å². The van der Waals surface area contributed by atoms with Gasteiger partial charge in [-0.2, -0.15) is 0 Å². The minimum Gasteiger partial charge on any atom is -0.355 e. The fourth-order valence-electron chi connectivity index (χ4n) is 2.23. The van der Waals surface area contributed by atoms with Crippen molar-refractivity contribution in [2.75, 3.05) is 31.1 Å². The summed E-state index contributed by atoms with van der Waals surface area (Å²) in [4.78, 5) is 16.0. The molecule has 5 heteroatoms. The quantitative estimate of drug-likeness (QED) is 0.811. The first-order chi connectivity index (χ1) is 8.76. The number of rotatable bonds is 4. The lowest BCUT2D eigenvalue weighted by Crippen LogP contribution is -2.31. The highest BCUT2D eigenvalue weighted by molar-refractivity contribution is 5.92. The summed E-state index contributed by atoms with van der Waals surface area (Å²) >= 11 is 0. The van der Waals surface area contributed by atoms with Gasteiger partial charge in [0, 0.05) is 26.2 Å². The molecule has 1 aliphatic heterocycles. The minimum atomic E-state index is -0.0412. The highest BCUT2D eigenvalue weighted by atomic mass is 16.2. The Hall–Kier alpha value is -1.65. The number of nitrogens with zero attached hydrogens (tertiary/aromatic N) is 4. The highest BCUT2D eigenvalue weighted by Crippen LogP contribution is 2.16. The first-order valence-electron chi connectivity index (χ1n) is 6.64. The third kappa shape index (κ3) is 2.60. The number of aromatic nitrogens is 2. The van der Waals surface area contributed by atoms with E-state index in [1.165, 1.54) is 12.8 Å². The Kier molecular flexibility index (Phi) is 4.12. The molecule has 0 atom stereocenters. The summed E-state index contributed by atoms with van der Waals surface area (Å²) in [7, 11) is 0. The normalized spacial score (nSPS) is 14.9. The Morgan fingerprint density at radius 2 is 1.89 bits per heavy atom. The number of amides is 1. The first-order valence-corrected chi connectivity index (χ1v) is 6.64. The molecule has 0 spiro atoms. The first kappa shape index (κ1) is 12.8. The molecule has 0 unspecified atom stereocenters. The second kappa shape index (κ2) is 5.80. The van der Waals surface area contributed by atoms with Crippen molar-refractivity contribution in [2.45, 2.75) is 26.7 Å². The van der Waals surface area contributed by atoms with Crippen molar-refractivity contribution in [3.05, 3.63) is 17.8 Å². The summed E-state index contributed by atoms with van der Waals surface area (Å²) in [6.45, 7) is 7.41. The predicted molar refractivity (Wildman–Crippen MR) is 70.7 cm³/mol. The Balaban J connectivity index is 2.09. The average Bonchev–Trinajstić information content (AvgIpc) is 2.94. The highest BCUT2D eigenvalue weighted by Gasteiger charge is 2.17. The lowest BCUT2D eigenvalue weighted by Gasteiger charge is -2.19. The summed E-state index contributed by atoms with van der Waals surface area (Å²) < 4.78 is 0. The van der Waals surface area contributed by atoms with Crippen molar-refractivity contribution in [2.24, 2.45) is 0 Å². The third-order valence-corrected chi connectivity index (χ3v) is 3.35. The van der Waals surface area contributed by atoms with E-state index in [-0.39, 0.29) is 5.91 Å². The van der Waals surface area contributed by atoms with E-state index in [2.05, 4.69) is 15.1 Å². The van der Waals surface area contributed by atoms with Crippen LogP contribution in [0, 0.1) is 0 Å². The van der Waals surface area contributed by atoms with Crippen molar-refractivity contribution in [3.63, 3.8) is 0 Å². The van der Waals surface area contributed by atoms with Gasteiger partial charge in [0.05, 0.1) is 0 Å². The molecule has 1 aliphatic rings. The molecule has 5 nitrogen and oxygen atoms in total. The molecule has 18 heavy (non-hydrogen) atoms. The smallest absolute Gasteiger partial charge is 0.274 e. The summed E-state index contributed by atoms with van der Waals surface area (Å²) in [6.07, 6.45) is 2.42. The van der Waals surface area contributed by atoms with Gasteiger partial charge >= 0.3 is 0 Å². The van der Waals surface area contributed by atoms with E-state index in [0.29, 0.717) is 18.8 Å². The Morgan fingerprint density at radius 1 is 1.22 bits per heavy atom. The Bertz CT molecular complexity index is 394. The van der Waals surface area contributed by atoms with E-state index in [1.807, 2.05) is 19.9 Å². The summed E-state index contributed by atoms with van der Waals surface area (Å²) in [5, 5.41) is 8.22. The topological polar surface area (TPSA) is 49.3 Å². The van der Waals surface area contributed by atoms with Gasteiger partial charge < -0.3 is 9.80 Å². The van der Waals surface area contributed by atoms with Crippen LogP contribution in [0.5, 0.6) is 0 Å². The number of carbonyl (C=O) groups is 1. The number of anilines is 1. The van der Waals surface area contributed by atoms with Crippen LogP contribution in [0.15, 0.2) is 12.1 Å². The van der Waals surface area contributed by atoms with E-state index in [4.69, 9.17) is 0 Å². The van der Waals surface area contributed by atoms with Crippen LogP contribution < -0.4 is 4.90 Å². The zero-order chi connectivity index (χ0) is 13.0. The lowest BCUT2D eigenvalue weighted by molar-refractivity contribution is 0.0766. The van der Waals surface area contributed by atoms with Gasteiger partial charge in [-0.3, -0.25) is 4.79 Å². The number of hydrogen-bond donors (Lipinski definition) is 0. The van der Waals surface area contributed by atoms with Crippen LogP contribution in [0.25, 0.3) is 0 Å². The fraction of sp³-hybridized carbons (Fsp3) is 0.615. The van der Waals surface area contributed by atoms with Gasteiger partial charge in [-0.1, -0.05) is 0 Å². The van der Waals surface area contributed by atoms with Gasteiger partial charge in [0.1, 0.15) is 0 Å². The number of carbonyl (C=O) groups excluding carboxylic acids is 1. The summed E-state index contributed by atoms with van der Waals surface area (Å²) in [5.74, 6) is 0.837. The molecule has 0 aromatic carbocycles. The maximum Gasteiger partial charge on any atom is 0.274 e. The fourth-order valence-corrected chi connectivity index (χ4v) is 2.23. The molecular formula is C13H20N4O. The van der Waals surface area contributed by atoms with E-state index in [1.54, 1.807) is 11.0 Å². The van der Waals surface area contributed by atoms with Gasteiger partial charge in [-0.25, -0.2) is 0 Å². The molecule has 1 amide bonds. The van der Waals surface area contributed by atoms with E-state index < -0.39 is 0 Å². The Morgan fingerprint density at radius 3 is 2.39 bits per heavy atom. The van der Waals surface area contributed by atoms with Crippen LogP contribution in [0.2, 0.25) is 0 Å². The lowest BCUT2D eigenvalue weighted by atomic mass is 10.3. The Labute approximate surface area is 108 Å². The van der Waals surface area contributed by atoms with Crippen LogP contribution in [0.4, 0.5) is 5.82 Å². The largest absolute Gasteiger partial charge is 0.355 e. The van der Waals surface area contributed by atoms with E-state index in [0.717, 1.165) is 18.9 Å². The molecule has 1 aromatic heterocycles. The maximum atomic E-state index is 12.0. The van der Waals surface area contributed by atoms with Gasteiger partial charge in [-0.05, 0) is 38.8 Å². The van der Waals surface area contributed by atoms with Crippen molar-refractivity contribution < 1.29 is 4.79 Å². The zero-order valence-corrected chi connectivity index (χ0v) is 11.1.